The van der Waals surface area contributed by atoms with Gasteiger partial charge in [0, 0.05) is 30.1 Å². The molecule has 2 amide bonds. The third-order valence-corrected chi connectivity index (χ3v) is 10.8. The molecule has 0 saturated heterocycles. The summed E-state index contributed by atoms with van der Waals surface area (Å²) in [5.41, 5.74) is 8.71. The van der Waals surface area contributed by atoms with Crippen LogP contribution in [0.1, 0.15) is 119 Å². The Labute approximate surface area is 291 Å². The number of nitrogens with one attached hydrogen (secondary N) is 2. The zero-order valence-electron chi connectivity index (χ0n) is 29.5. The number of allylic oxidation sites excluding steroid dienone is 13. The first-order valence-electron chi connectivity index (χ1n) is 18.1. The van der Waals surface area contributed by atoms with Crippen LogP contribution in [0.3, 0.4) is 0 Å². The Hall–Kier alpha value is -4.59. The monoisotopic (exact) mass is 658 g/mol. The number of carbonyl (C=O) groups excluding carboxylic acids is 2. The van der Waals surface area contributed by atoms with Gasteiger partial charge in [-0.15, -0.1) is 0 Å². The molecular weight excluding hydrogens is 608 g/mol. The number of unbranched alkanes of at least 4 members (excludes halogenated alkanes) is 9. The molecule has 0 radical (unpaired) electrons. The number of rotatable bonds is 15. The number of imidazole rings is 1. The van der Waals surface area contributed by atoms with Crippen molar-refractivity contribution >= 4 is 17.5 Å². The zero-order chi connectivity index (χ0) is 34.4. The molecule has 8 nitrogen and oxygen atoms in total. The Morgan fingerprint density at radius 3 is 2.39 bits per heavy atom. The van der Waals surface area contributed by atoms with Gasteiger partial charge in [-0.05, 0) is 72.3 Å². The SMILES string of the molecule is CCCCCCCCCCCCC1=C2C3=C(C=C[C@]2(C)C(n2cnc(C(=O)NC)c2)=C1)[C@]1(C)CC=C(NC(=O)c2ccnnc2)C=C1C=C3. The number of amides is 2. The molecule has 0 aliphatic heterocycles. The summed E-state index contributed by atoms with van der Waals surface area (Å²) in [5.74, 6) is -0.383. The Balaban J connectivity index is 1.23. The van der Waals surface area contributed by atoms with Crippen LogP contribution in [-0.4, -0.2) is 38.6 Å². The fourth-order valence-corrected chi connectivity index (χ4v) is 7.85. The summed E-state index contributed by atoms with van der Waals surface area (Å²) in [5, 5.41) is 13.4. The van der Waals surface area contributed by atoms with Crippen LogP contribution >= 0.6 is 0 Å². The third-order valence-electron chi connectivity index (χ3n) is 10.8. The van der Waals surface area contributed by atoms with Crippen molar-refractivity contribution in [2.45, 2.75) is 97.8 Å². The molecule has 4 aliphatic carbocycles. The van der Waals surface area contributed by atoms with Crippen molar-refractivity contribution in [1.29, 1.82) is 0 Å². The molecule has 256 valence electrons. The van der Waals surface area contributed by atoms with Crippen molar-refractivity contribution in [3.05, 3.63) is 118 Å². The lowest BCUT2D eigenvalue weighted by Gasteiger charge is -2.43. The van der Waals surface area contributed by atoms with Crippen LogP contribution in [0.2, 0.25) is 0 Å². The van der Waals surface area contributed by atoms with E-state index in [9.17, 15) is 9.59 Å². The molecule has 0 bridgehead atoms. The van der Waals surface area contributed by atoms with Gasteiger partial charge >= 0.3 is 0 Å². The summed E-state index contributed by atoms with van der Waals surface area (Å²) in [7, 11) is 1.63. The topological polar surface area (TPSA) is 102 Å². The normalized spacial score (nSPS) is 22.2. The summed E-state index contributed by atoms with van der Waals surface area (Å²) < 4.78 is 2.03. The number of hydrogen-bond acceptors (Lipinski definition) is 5. The highest BCUT2D eigenvalue weighted by Crippen LogP contribution is 2.59. The Morgan fingerprint density at radius 2 is 1.67 bits per heavy atom. The van der Waals surface area contributed by atoms with Crippen molar-refractivity contribution < 1.29 is 9.59 Å². The molecule has 49 heavy (non-hydrogen) atoms. The maximum atomic E-state index is 12.9. The summed E-state index contributed by atoms with van der Waals surface area (Å²) in [4.78, 5) is 29.7. The third kappa shape index (κ3) is 6.96. The Morgan fingerprint density at radius 1 is 0.918 bits per heavy atom. The highest BCUT2D eigenvalue weighted by atomic mass is 16.2. The van der Waals surface area contributed by atoms with Crippen molar-refractivity contribution in [3.63, 3.8) is 0 Å². The second-order valence-electron chi connectivity index (χ2n) is 14.2. The molecule has 4 aliphatic rings. The number of fused-ring (bicyclic) bond motifs is 4. The molecule has 8 heteroatoms. The van der Waals surface area contributed by atoms with E-state index in [1.165, 1.54) is 98.0 Å². The van der Waals surface area contributed by atoms with Gasteiger partial charge in [0.15, 0.2) is 0 Å². The standard InChI is InChI=1S/C41H50N6O2/c1-5-6-7-8-9-10-11-12-13-14-15-29-24-36(47-27-35(43-28-47)39(49)42-4)41(3)22-19-34-33(37(29)41)17-16-31-25-32(18-21-40(31,34)2)46-38(48)30-20-23-44-45-26-30/h16-20,22-28H,5-15,21H2,1-4H3,(H,42,49)(H,46,48)/t40-,41-/m1/s1. The minimum Gasteiger partial charge on any atom is -0.354 e. The van der Waals surface area contributed by atoms with Crippen LogP contribution in [0, 0.1) is 10.8 Å². The molecule has 6 rings (SSSR count). The summed E-state index contributed by atoms with van der Waals surface area (Å²) in [6.45, 7) is 6.88. The molecule has 2 heterocycles. The zero-order valence-corrected chi connectivity index (χ0v) is 29.5. The van der Waals surface area contributed by atoms with E-state index in [0.717, 1.165) is 30.7 Å². The molecular formula is C41H50N6O2. The van der Waals surface area contributed by atoms with E-state index >= 15 is 0 Å². The van der Waals surface area contributed by atoms with Gasteiger partial charge in [-0.3, -0.25) is 9.59 Å². The largest absolute Gasteiger partial charge is 0.354 e. The smallest absolute Gasteiger partial charge is 0.271 e. The minimum absolute atomic E-state index is 0.189. The van der Waals surface area contributed by atoms with Gasteiger partial charge in [-0.1, -0.05) is 102 Å². The van der Waals surface area contributed by atoms with E-state index in [0.29, 0.717) is 11.3 Å². The lowest BCUT2D eigenvalue weighted by atomic mass is 9.61. The molecule has 0 aromatic carbocycles. The molecule has 2 atom stereocenters. The van der Waals surface area contributed by atoms with Gasteiger partial charge in [0.2, 0.25) is 0 Å². The van der Waals surface area contributed by atoms with Crippen LogP contribution in [0.4, 0.5) is 0 Å². The molecule has 0 unspecified atom stereocenters. The molecule has 0 saturated carbocycles. The van der Waals surface area contributed by atoms with Gasteiger partial charge < -0.3 is 15.2 Å². The predicted octanol–water partition coefficient (Wildman–Crippen LogP) is 8.59. The van der Waals surface area contributed by atoms with Crippen molar-refractivity contribution in [2.75, 3.05) is 7.05 Å². The first-order valence-corrected chi connectivity index (χ1v) is 18.1. The summed E-state index contributed by atoms with van der Waals surface area (Å²) in [6.07, 6.45) is 37.2. The van der Waals surface area contributed by atoms with Gasteiger partial charge in [-0.2, -0.15) is 10.2 Å². The quantitative estimate of drug-likeness (QED) is 0.187. The van der Waals surface area contributed by atoms with E-state index in [1.807, 2.05) is 10.8 Å². The average molecular weight is 659 g/mol. The van der Waals surface area contributed by atoms with E-state index in [1.54, 1.807) is 19.4 Å². The average Bonchev–Trinajstić information content (AvgIpc) is 3.72. The molecule has 2 aromatic rings. The van der Waals surface area contributed by atoms with Crippen LogP contribution in [0.5, 0.6) is 0 Å². The van der Waals surface area contributed by atoms with E-state index in [2.05, 4.69) is 89.1 Å². The summed E-state index contributed by atoms with van der Waals surface area (Å²) in [6, 6.07) is 1.67. The first kappa shape index (κ1) is 34.3. The maximum absolute atomic E-state index is 12.9. The molecule has 2 N–H and O–H groups in total. The van der Waals surface area contributed by atoms with Crippen LogP contribution < -0.4 is 10.6 Å². The van der Waals surface area contributed by atoms with Gasteiger partial charge in [0.05, 0.1) is 29.7 Å². The number of hydrogen-bond donors (Lipinski definition) is 2. The van der Waals surface area contributed by atoms with E-state index in [-0.39, 0.29) is 22.6 Å². The molecule has 2 aromatic heterocycles. The van der Waals surface area contributed by atoms with Crippen LogP contribution in [0.25, 0.3) is 5.70 Å². The van der Waals surface area contributed by atoms with E-state index in [4.69, 9.17) is 0 Å². The molecule has 0 fully saturated rings. The Kier molecular flexibility index (Phi) is 10.4. The minimum atomic E-state index is -0.364. The second kappa shape index (κ2) is 14.9. The molecule has 0 spiro atoms. The van der Waals surface area contributed by atoms with Crippen LogP contribution in [-0.2, 0) is 0 Å². The maximum Gasteiger partial charge on any atom is 0.271 e. The lowest BCUT2D eigenvalue weighted by Crippen LogP contribution is -2.33. The second-order valence-corrected chi connectivity index (χ2v) is 14.2. The number of carbonyl (C=O) groups is 2. The fourth-order valence-electron chi connectivity index (χ4n) is 7.85. The Bertz CT molecular complexity index is 1800. The number of aromatic nitrogens is 4. The van der Waals surface area contributed by atoms with E-state index < -0.39 is 0 Å². The van der Waals surface area contributed by atoms with Crippen molar-refractivity contribution in [2.24, 2.45) is 10.8 Å². The van der Waals surface area contributed by atoms with Crippen molar-refractivity contribution in [1.82, 2.24) is 30.4 Å². The predicted molar refractivity (Wildman–Crippen MR) is 195 cm³/mol. The highest BCUT2D eigenvalue weighted by Gasteiger charge is 2.46. The first-order chi connectivity index (χ1) is 23.8. The van der Waals surface area contributed by atoms with Gasteiger partial charge in [0.25, 0.3) is 11.8 Å². The van der Waals surface area contributed by atoms with Crippen molar-refractivity contribution in [3.8, 4) is 0 Å². The lowest BCUT2D eigenvalue weighted by molar-refractivity contribution is 0.0953. The van der Waals surface area contributed by atoms with Gasteiger partial charge in [-0.25, -0.2) is 4.98 Å². The highest BCUT2D eigenvalue weighted by molar-refractivity contribution is 5.95. The number of nitrogens with zero attached hydrogens (tertiary/aromatic N) is 4. The van der Waals surface area contributed by atoms with Gasteiger partial charge in [0.1, 0.15) is 5.69 Å². The summed E-state index contributed by atoms with van der Waals surface area (Å²) >= 11 is 0. The fraction of sp³-hybridized carbons (Fsp3) is 0.439. The van der Waals surface area contributed by atoms with Crippen LogP contribution in [0.15, 0.2) is 107 Å².